The van der Waals surface area contributed by atoms with Gasteiger partial charge in [0.15, 0.2) is 0 Å². The van der Waals surface area contributed by atoms with Crippen LogP contribution in [0.3, 0.4) is 0 Å². The number of piperidine rings is 1. The number of nitrogens with zero attached hydrogens (tertiary/aromatic N) is 3. The van der Waals surface area contributed by atoms with E-state index in [4.69, 9.17) is 9.72 Å². The first-order chi connectivity index (χ1) is 13.7. The SMILES string of the molecule is CC1(c2ccc3[nH]nc(-c4cncc(OC5CNCCC56CC6)n4)c3c2)CC1. The molecule has 2 aromatic heterocycles. The third-order valence-corrected chi connectivity index (χ3v) is 7.08. The predicted molar refractivity (Wildman–Crippen MR) is 107 cm³/mol. The smallest absolute Gasteiger partial charge is 0.233 e. The fourth-order valence-electron chi connectivity index (χ4n) is 4.57. The van der Waals surface area contributed by atoms with Crippen molar-refractivity contribution in [2.75, 3.05) is 13.1 Å². The monoisotopic (exact) mass is 375 g/mol. The van der Waals surface area contributed by atoms with Crippen LogP contribution in [-0.2, 0) is 5.41 Å². The van der Waals surface area contributed by atoms with E-state index in [1.807, 2.05) is 0 Å². The van der Waals surface area contributed by atoms with Crippen LogP contribution < -0.4 is 10.1 Å². The molecule has 0 amide bonds. The zero-order chi connectivity index (χ0) is 18.8. The highest BCUT2D eigenvalue weighted by molar-refractivity contribution is 5.92. The average Bonchev–Trinajstić information content (AvgIpc) is 3.62. The van der Waals surface area contributed by atoms with Gasteiger partial charge in [0.25, 0.3) is 0 Å². The van der Waals surface area contributed by atoms with Gasteiger partial charge in [-0.2, -0.15) is 5.10 Å². The Balaban J connectivity index is 1.34. The summed E-state index contributed by atoms with van der Waals surface area (Å²) in [4.78, 5) is 9.17. The molecule has 1 aromatic carbocycles. The Kier molecular flexibility index (Phi) is 3.39. The number of hydrogen-bond acceptors (Lipinski definition) is 5. The van der Waals surface area contributed by atoms with Crippen LogP contribution in [0, 0.1) is 5.41 Å². The van der Waals surface area contributed by atoms with Gasteiger partial charge >= 0.3 is 0 Å². The molecular weight excluding hydrogens is 350 g/mol. The van der Waals surface area contributed by atoms with Crippen molar-refractivity contribution in [2.24, 2.45) is 5.41 Å². The molecule has 6 rings (SSSR count). The first kappa shape index (κ1) is 16.5. The standard InChI is InChI=1S/C22H25N5O/c1-21(4-5-21)14-2-3-16-15(10-14)20(27-26-16)17-11-24-13-19(25-17)28-18-12-23-9-8-22(18)6-7-22/h2-3,10-11,13,18,23H,4-9,12H2,1H3,(H,26,27). The number of H-pyrrole nitrogens is 1. The Labute approximate surface area is 164 Å². The van der Waals surface area contributed by atoms with E-state index in [1.165, 1.54) is 37.7 Å². The van der Waals surface area contributed by atoms with Crippen LogP contribution in [0.5, 0.6) is 5.88 Å². The second-order valence-corrected chi connectivity index (χ2v) is 9.06. The maximum absolute atomic E-state index is 6.30. The molecule has 3 aliphatic rings. The molecule has 144 valence electrons. The molecule has 3 fully saturated rings. The molecule has 1 atom stereocenters. The van der Waals surface area contributed by atoms with Crippen LogP contribution in [0.15, 0.2) is 30.6 Å². The van der Waals surface area contributed by atoms with E-state index in [-0.39, 0.29) is 6.10 Å². The Morgan fingerprint density at radius 2 is 2.00 bits per heavy atom. The molecule has 2 aliphatic carbocycles. The number of aromatic amines is 1. The van der Waals surface area contributed by atoms with Gasteiger partial charge in [-0.05, 0) is 61.8 Å². The number of ether oxygens (including phenoxy) is 1. The minimum atomic E-state index is 0.183. The first-order valence-corrected chi connectivity index (χ1v) is 10.3. The van der Waals surface area contributed by atoms with Gasteiger partial charge in [0, 0.05) is 17.3 Å². The highest BCUT2D eigenvalue weighted by atomic mass is 16.5. The lowest BCUT2D eigenvalue weighted by Crippen LogP contribution is -2.45. The van der Waals surface area contributed by atoms with E-state index in [2.05, 4.69) is 45.6 Å². The predicted octanol–water partition coefficient (Wildman–Crippen LogP) is 3.59. The summed E-state index contributed by atoms with van der Waals surface area (Å²) in [6, 6.07) is 6.61. The van der Waals surface area contributed by atoms with Gasteiger partial charge in [0.05, 0.1) is 17.9 Å². The summed E-state index contributed by atoms with van der Waals surface area (Å²) in [5.41, 5.74) is 4.71. The molecule has 0 bridgehead atoms. The number of hydrogen-bond donors (Lipinski definition) is 2. The van der Waals surface area contributed by atoms with Crippen LogP contribution in [0.2, 0.25) is 0 Å². The van der Waals surface area contributed by atoms with E-state index >= 15 is 0 Å². The Morgan fingerprint density at radius 3 is 2.82 bits per heavy atom. The molecule has 0 radical (unpaired) electrons. The molecule has 3 heterocycles. The number of benzene rings is 1. The molecule has 1 saturated heterocycles. The van der Waals surface area contributed by atoms with Gasteiger partial charge in [0.1, 0.15) is 17.5 Å². The zero-order valence-corrected chi connectivity index (χ0v) is 16.2. The van der Waals surface area contributed by atoms with Gasteiger partial charge < -0.3 is 10.1 Å². The van der Waals surface area contributed by atoms with Crippen molar-refractivity contribution in [1.82, 2.24) is 25.5 Å². The van der Waals surface area contributed by atoms with Crippen molar-refractivity contribution in [3.63, 3.8) is 0 Å². The highest BCUT2D eigenvalue weighted by Gasteiger charge is 2.52. The van der Waals surface area contributed by atoms with E-state index in [9.17, 15) is 0 Å². The minimum Gasteiger partial charge on any atom is -0.471 e. The molecule has 1 unspecified atom stereocenters. The van der Waals surface area contributed by atoms with Crippen molar-refractivity contribution in [2.45, 2.75) is 50.5 Å². The topological polar surface area (TPSA) is 75.7 Å². The quantitative estimate of drug-likeness (QED) is 0.729. The molecule has 28 heavy (non-hydrogen) atoms. The summed E-state index contributed by atoms with van der Waals surface area (Å²) < 4.78 is 6.30. The second kappa shape index (κ2) is 5.77. The van der Waals surface area contributed by atoms with Crippen LogP contribution in [0.4, 0.5) is 0 Å². The Morgan fingerprint density at radius 1 is 1.11 bits per heavy atom. The molecule has 1 spiro atoms. The van der Waals surface area contributed by atoms with Gasteiger partial charge in [-0.3, -0.25) is 10.1 Å². The summed E-state index contributed by atoms with van der Waals surface area (Å²) in [7, 11) is 0. The lowest BCUT2D eigenvalue weighted by Gasteiger charge is -2.32. The van der Waals surface area contributed by atoms with E-state index < -0.39 is 0 Å². The van der Waals surface area contributed by atoms with E-state index in [1.54, 1.807) is 12.4 Å². The van der Waals surface area contributed by atoms with Crippen molar-refractivity contribution < 1.29 is 4.74 Å². The molecular formula is C22H25N5O. The highest BCUT2D eigenvalue weighted by Crippen LogP contribution is 2.53. The number of fused-ring (bicyclic) bond motifs is 1. The maximum Gasteiger partial charge on any atom is 0.233 e. The van der Waals surface area contributed by atoms with E-state index in [0.29, 0.717) is 16.7 Å². The normalized spacial score (nSPS) is 24.4. The van der Waals surface area contributed by atoms with Crippen molar-refractivity contribution in [1.29, 1.82) is 0 Å². The van der Waals surface area contributed by atoms with Gasteiger partial charge in [0.2, 0.25) is 5.88 Å². The number of aromatic nitrogens is 4. The van der Waals surface area contributed by atoms with Crippen LogP contribution in [0.25, 0.3) is 22.3 Å². The minimum absolute atomic E-state index is 0.183. The van der Waals surface area contributed by atoms with Crippen molar-refractivity contribution in [3.8, 4) is 17.3 Å². The summed E-state index contributed by atoms with van der Waals surface area (Å²) in [5.74, 6) is 0.596. The van der Waals surface area contributed by atoms with Gasteiger partial charge in [-0.1, -0.05) is 13.0 Å². The molecule has 6 nitrogen and oxygen atoms in total. The Hall–Kier alpha value is -2.47. The lowest BCUT2D eigenvalue weighted by molar-refractivity contribution is 0.0844. The fourth-order valence-corrected chi connectivity index (χ4v) is 4.57. The molecule has 1 aliphatic heterocycles. The van der Waals surface area contributed by atoms with Crippen LogP contribution in [0.1, 0.15) is 44.6 Å². The summed E-state index contributed by atoms with van der Waals surface area (Å²) in [6.07, 6.45) is 9.91. The lowest BCUT2D eigenvalue weighted by atomic mass is 9.92. The van der Waals surface area contributed by atoms with Crippen molar-refractivity contribution >= 4 is 10.9 Å². The van der Waals surface area contributed by atoms with Gasteiger partial charge in [-0.15, -0.1) is 0 Å². The van der Waals surface area contributed by atoms with Crippen LogP contribution >= 0.6 is 0 Å². The molecule has 2 saturated carbocycles. The summed E-state index contributed by atoms with van der Waals surface area (Å²) >= 11 is 0. The first-order valence-electron chi connectivity index (χ1n) is 10.3. The zero-order valence-electron chi connectivity index (χ0n) is 16.2. The fraction of sp³-hybridized carbons (Fsp3) is 0.500. The summed E-state index contributed by atoms with van der Waals surface area (Å²) in [6.45, 7) is 4.30. The molecule has 2 N–H and O–H groups in total. The maximum atomic E-state index is 6.30. The van der Waals surface area contributed by atoms with Crippen molar-refractivity contribution in [3.05, 3.63) is 36.2 Å². The molecule has 3 aromatic rings. The average molecular weight is 375 g/mol. The third-order valence-electron chi connectivity index (χ3n) is 7.08. The number of nitrogens with one attached hydrogen (secondary N) is 2. The third kappa shape index (κ3) is 2.62. The van der Waals surface area contributed by atoms with E-state index in [0.717, 1.165) is 35.4 Å². The van der Waals surface area contributed by atoms with Gasteiger partial charge in [-0.25, -0.2) is 4.98 Å². The summed E-state index contributed by atoms with van der Waals surface area (Å²) in [5, 5.41) is 12.2. The largest absolute Gasteiger partial charge is 0.471 e. The number of rotatable bonds is 4. The molecule has 6 heteroatoms. The van der Waals surface area contributed by atoms with Crippen LogP contribution in [-0.4, -0.2) is 39.4 Å². The Bertz CT molecular complexity index is 1050. The second-order valence-electron chi connectivity index (χ2n) is 9.06.